The van der Waals surface area contributed by atoms with Crippen LogP contribution >= 0.6 is 7.14 Å². The Hall–Kier alpha value is -6.50. The van der Waals surface area contributed by atoms with E-state index < -0.39 is 7.14 Å². The highest BCUT2D eigenvalue weighted by molar-refractivity contribution is 8.01. The second-order valence-electron chi connectivity index (χ2n) is 15.6. The third-order valence-electron chi connectivity index (χ3n) is 11.1. The number of benzene rings is 1. The fourth-order valence-corrected chi connectivity index (χ4v) is 9.94. The predicted molar refractivity (Wildman–Crippen MR) is 265 cm³/mol. The molecular weight excluding hydrogens is 782 g/mol. The van der Waals surface area contributed by atoms with Crippen LogP contribution in [0.1, 0.15) is 56.6 Å². The van der Waals surface area contributed by atoms with Crippen LogP contribution in [0.4, 0.5) is 11.5 Å². The second-order valence-corrected chi connectivity index (χ2v) is 18.2. The number of pyridine rings is 1. The maximum atomic E-state index is 16.7. The number of anilines is 2. The van der Waals surface area contributed by atoms with E-state index >= 15 is 4.57 Å². The van der Waals surface area contributed by atoms with Crippen molar-refractivity contribution >= 4 is 35.0 Å². The van der Waals surface area contributed by atoms with Crippen LogP contribution in [0.3, 0.4) is 0 Å². The zero-order chi connectivity index (χ0) is 44.1. The van der Waals surface area contributed by atoms with E-state index in [2.05, 4.69) is 136 Å². The lowest BCUT2D eigenvalue weighted by atomic mass is 10.0. The van der Waals surface area contributed by atoms with Crippen LogP contribution in [0.15, 0.2) is 218 Å². The largest absolute Gasteiger partial charge is 0.320 e. The molecule has 0 spiro atoms. The molecule has 9 heteroatoms. The molecule has 3 aliphatic carbocycles. The van der Waals surface area contributed by atoms with E-state index in [0.29, 0.717) is 35.5 Å². The van der Waals surface area contributed by atoms with E-state index in [1.54, 1.807) is 17.3 Å². The molecule has 3 unspecified atom stereocenters. The Labute approximate surface area is 369 Å². The quantitative estimate of drug-likeness (QED) is 0.0607. The van der Waals surface area contributed by atoms with Crippen molar-refractivity contribution in [3.63, 3.8) is 0 Å². The lowest BCUT2D eigenvalue weighted by Gasteiger charge is -2.36. The van der Waals surface area contributed by atoms with Gasteiger partial charge >= 0.3 is 0 Å². The van der Waals surface area contributed by atoms with Gasteiger partial charge in [0.05, 0.1) is 18.6 Å². The number of nitrogens with zero attached hydrogens (tertiary/aromatic N) is 7. The zero-order valence-electron chi connectivity index (χ0n) is 36.6. The molecule has 0 saturated carbocycles. The summed E-state index contributed by atoms with van der Waals surface area (Å²) in [7, 11) is -4.02. The normalized spacial score (nSPS) is 19.3. The number of allylic oxidation sites excluding steroid dienone is 15. The number of hydrogen-bond acceptors (Lipinski definition) is 8. The van der Waals surface area contributed by atoms with Crippen LogP contribution in [-0.4, -0.2) is 49.5 Å². The van der Waals surface area contributed by atoms with Gasteiger partial charge in [0.1, 0.15) is 28.0 Å². The van der Waals surface area contributed by atoms with E-state index in [-0.39, 0.29) is 17.5 Å². The Morgan fingerprint density at radius 3 is 2.32 bits per heavy atom. The van der Waals surface area contributed by atoms with Crippen molar-refractivity contribution in [1.29, 1.82) is 0 Å². The average molecular weight is 842 g/mol. The number of rotatable bonds is 19. The molecule has 0 saturated heterocycles. The van der Waals surface area contributed by atoms with Crippen LogP contribution in [-0.2, 0) is 4.57 Å². The van der Waals surface area contributed by atoms with Crippen LogP contribution in [0, 0.1) is 13.8 Å². The van der Waals surface area contributed by atoms with E-state index in [9.17, 15) is 0 Å². The van der Waals surface area contributed by atoms with Crippen LogP contribution in [0.2, 0.25) is 0 Å². The lowest BCUT2D eigenvalue weighted by molar-refractivity contribution is 0.0691. The number of hydrogen-bond donors (Lipinski definition) is 0. The number of aromatic nitrogens is 1. The van der Waals surface area contributed by atoms with Gasteiger partial charge in [-0.1, -0.05) is 135 Å². The van der Waals surface area contributed by atoms with E-state index in [1.165, 1.54) is 5.56 Å². The highest BCUT2D eigenvalue weighted by Gasteiger charge is 2.40. The van der Waals surface area contributed by atoms with Crippen molar-refractivity contribution < 1.29 is 4.57 Å². The summed E-state index contributed by atoms with van der Waals surface area (Å²) in [6.07, 6.45) is 42.9. The molecule has 62 heavy (non-hydrogen) atoms. The van der Waals surface area contributed by atoms with Gasteiger partial charge in [0.25, 0.3) is 0 Å². The molecule has 1 aromatic carbocycles. The van der Waals surface area contributed by atoms with Crippen LogP contribution in [0.25, 0.3) is 0 Å². The van der Waals surface area contributed by atoms with Crippen molar-refractivity contribution in [1.82, 2.24) is 20.0 Å². The first-order chi connectivity index (χ1) is 30.1. The molecule has 0 radical (unpaired) electrons. The smallest absolute Gasteiger partial charge is 0.225 e. The summed E-state index contributed by atoms with van der Waals surface area (Å²) in [6, 6.07) is 12.0. The molecule has 1 aliphatic heterocycles. The first-order valence-electron chi connectivity index (χ1n) is 21.3. The minimum atomic E-state index is -4.02. The average Bonchev–Trinajstić information content (AvgIpc) is 3.30. The van der Waals surface area contributed by atoms with Crippen LogP contribution in [0.5, 0.6) is 0 Å². The maximum Gasteiger partial charge on any atom is 0.225 e. The molecule has 0 amide bonds. The number of aliphatic imine (C=N–C) groups is 1. The van der Waals surface area contributed by atoms with Gasteiger partial charge < -0.3 is 14.4 Å². The summed E-state index contributed by atoms with van der Waals surface area (Å²) >= 11 is 0. The summed E-state index contributed by atoms with van der Waals surface area (Å²) in [5.41, 5.74) is 7.05. The molecule has 2 aromatic rings. The number of aryl methyl sites for hydroxylation is 1. The van der Waals surface area contributed by atoms with E-state index in [4.69, 9.17) is 15.1 Å². The Bertz CT molecular complexity index is 2450. The molecular formula is C53H60N7OP. The summed E-state index contributed by atoms with van der Waals surface area (Å²) in [4.78, 5) is 14.9. The first-order valence-corrected chi connectivity index (χ1v) is 23.0. The number of hydrazone groups is 1. The Morgan fingerprint density at radius 2 is 1.65 bits per heavy atom. The Balaban J connectivity index is 1.55. The Morgan fingerprint density at radius 1 is 0.887 bits per heavy atom. The Kier molecular flexibility index (Phi) is 15.5. The predicted octanol–water partition coefficient (Wildman–Crippen LogP) is 12.7. The zero-order valence-corrected chi connectivity index (χ0v) is 37.5. The summed E-state index contributed by atoms with van der Waals surface area (Å²) in [5.74, 6) is 1.10. The highest BCUT2D eigenvalue weighted by Crippen LogP contribution is 2.50. The van der Waals surface area contributed by atoms with Crippen molar-refractivity contribution in [3.05, 3.63) is 219 Å². The van der Waals surface area contributed by atoms with Crippen LogP contribution < -0.4 is 10.3 Å². The molecule has 4 aliphatic rings. The van der Waals surface area contributed by atoms with Gasteiger partial charge in [-0.3, -0.25) is 0 Å². The van der Waals surface area contributed by atoms with Crippen molar-refractivity contribution in [3.8, 4) is 0 Å². The molecule has 0 fully saturated rings. The summed E-state index contributed by atoms with van der Waals surface area (Å²) < 4.78 is 16.7. The van der Waals surface area contributed by atoms with Gasteiger partial charge in [0.15, 0.2) is 0 Å². The molecule has 3 atom stereocenters. The molecule has 1 aromatic heterocycles. The molecule has 6 rings (SSSR count). The molecule has 2 heterocycles. The first kappa shape index (κ1) is 45.0. The van der Waals surface area contributed by atoms with Gasteiger partial charge in [0.2, 0.25) is 7.14 Å². The SMILES string of the molecule is C=C/C=C\C=C\N(C(=C)CCC(=C)C)N1CC=CC(P(=O)(C(C=C)=NC(=C)N(C2=CCCC=C2)C2C=CC=CC2)c2cccc(N(c3cccc(C)c3C)C3C=CC=CC3)n2)=N1. The molecule has 8 nitrogen and oxygen atoms in total. The summed E-state index contributed by atoms with van der Waals surface area (Å²) in [6.45, 7) is 27.8. The third kappa shape index (κ3) is 10.5. The fraction of sp³-hybridized carbons (Fsp3) is 0.226. The van der Waals surface area contributed by atoms with E-state index in [1.807, 2.05) is 72.8 Å². The van der Waals surface area contributed by atoms with Gasteiger partial charge in [-0.25, -0.2) is 15.0 Å². The molecule has 318 valence electrons. The van der Waals surface area contributed by atoms with Gasteiger partial charge in [0, 0.05) is 23.3 Å². The third-order valence-corrected chi connectivity index (χ3v) is 13.8. The highest BCUT2D eigenvalue weighted by atomic mass is 31.2. The minimum Gasteiger partial charge on any atom is -0.320 e. The second kappa shape index (κ2) is 21.3. The monoisotopic (exact) mass is 841 g/mol. The van der Waals surface area contributed by atoms with Gasteiger partial charge in [-0.15, -0.1) is 6.58 Å². The van der Waals surface area contributed by atoms with Crippen molar-refractivity contribution in [2.45, 2.75) is 71.4 Å². The molecule has 0 N–H and O–H groups in total. The minimum absolute atomic E-state index is 0.0268. The maximum absolute atomic E-state index is 16.7. The topological polar surface area (TPSA) is 67.6 Å². The number of hydrazine groups is 1. The van der Waals surface area contributed by atoms with Gasteiger partial charge in [-0.05, 0) is 113 Å². The lowest BCUT2D eigenvalue weighted by Crippen LogP contribution is -2.38. The van der Waals surface area contributed by atoms with Crippen molar-refractivity contribution in [2.75, 3.05) is 11.4 Å². The molecule has 0 bridgehead atoms. The van der Waals surface area contributed by atoms with E-state index in [0.717, 1.165) is 60.3 Å². The fourth-order valence-electron chi connectivity index (χ4n) is 7.64. The standard InChI is InChI=1S/C53H60N7OP/c1-9-11-12-22-39-57(43(6)38-37-41(3)4)58-40-25-36-53(56-58)62(61,51(10-2)54-45(8)59(46-27-16-13-17-28-46)47-29-18-14-19-30-47)52-35-24-34-50(55-52)60(48-31-20-15-21-32-48)49-33-23-26-42(5)44(49)7/h9-13,15-18,20-27,29-31,33-36,39,46,48H,1-3,6,8,14,19,28,32,37-38,40H2,4-5,7H3/b12-11-,39-22+,54-51?. The van der Waals surface area contributed by atoms with Crippen molar-refractivity contribution in [2.24, 2.45) is 10.1 Å². The summed E-state index contributed by atoms with van der Waals surface area (Å²) in [5, 5.41) is 8.87. The van der Waals surface area contributed by atoms with Gasteiger partial charge in [-0.2, -0.15) is 10.2 Å².